The Hall–Kier alpha value is -0.540. The normalized spacial score (nSPS) is 11.0. The molecule has 0 saturated carbocycles. The van der Waals surface area contributed by atoms with Gasteiger partial charge in [0, 0.05) is 22.4 Å². The third kappa shape index (κ3) is 4.11. The van der Waals surface area contributed by atoms with Crippen LogP contribution in [0.5, 0.6) is 0 Å². The number of carbonyl (C=O) groups excluding carboxylic acids is 1. The summed E-state index contributed by atoms with van der Waals surface area (Å²) in [6.07, 6.45) is 5.22. The predicted molar refractivity (Wildman–Crippen MR) is 65.9 cm³/mol. The molecule has 0 radical (unpaired) electrons. The topological polar surface area (TPSA) is 17.1 Å². The van der Waals surface area contributed by atoms with E-state index in [0.29, 0.717) is 0 Å². The lowest BCUT2D eigenvalue weighted by Crippen LogP contribution is -1.80. The van der Waals surface area contributed by atoms with Gasteiger partial charge < -0.3 is 0 Å². The van der Waals surface area contributed by atoms with Crippen LogP contribution in [-0.4, -0.2) is 10.9 Å². The highest BCUT2D eigenvalue weighted by atomic mass is 32.2. The van der Waals surface area contributed by atoms with Crippen LogP contribution >= 0.6 is 23.1 Å². The molecule has 14 heavy (non-hydrogen) atoms. The van der Waals surface area contributed by atoms with Crippen molar-refractivity contribution in [3.8, 4) is 0 Å². The Labute approximate surface area is 93.2 Å². The second-order valence-electron chi connectivity index (χ2n) is 2.86. The van der Waals surface area contributed by atoms with Crippen LogP contribution in [-0.2, 0) is 11.2 Å². The van der Waals surface area contributed by atoms with Crippen molar-refractivity contribution in [3.63, 3.8) is 0 Å². The molecule has 0 aliphatic heterocycles. The fraction of sp³-hybridized carbons (Fsp3) is 0.364. The number of hydrogen-bond acceptors (Lipinski definition) is 3. The molecule has 0 amide bonds. The van der Waals surface area contributed by atoms with Crippen molar-refractivity contribution in [1.82, 2.24) is 0 Å². The fourth-order valence-electron chi connectivity index (χ4n) is 1.00. The highest BCUT2D eigenvalue weighted by Gasteiger charge is 1.94. The number of hydrogen-bond donors (Lipinski definition) is 0. The quantitative estimate of drug-likeness (QED) is 0.780. The molecule has 0 aromatic carbocycles. The summed E-state index contributed by atoms with van der Waals surface area (Å²) in [7, 11) is 0. The van der Waals surface area contributed by atoms with Gasteiger partial charge in [0.1, 0.15) is 0 Å². The van der Waals surface area contributed by atoms with Crippen LogP contribution < -0.4 is 0 Å². The molecule has 0 fully saturated rings. The molecular formula is C11H14OS2. The van der Waals surface area contributed by atoms with Gasteiger partial charge >= 0.3 is 0 Å². The molecule has 0 unspecified atom stereocenters. The summed E-state index contributed by atoms with van der Waals surface area (Å²) in [6.45, 7) is 3.75. The molecule has 0 aliphatic rings. The first kappa shape index (κ1) is 11.5. The Bertz CT molecular complexity index is 326. The maximum Gasteiger partial charge on any atom is 0.186 e. The monoisotopic (exact) mass is 226 g/mol. The Balaban J connectivity index is 2.39. The Kier molecular flexibility index (Phi) is 4.98. The van der Waals surface area contributed by atoms with E-state index in [9.17, 15) is 4.79 Å². The van der Waals surface area contributed by atoms with E-state index in [1.807, 2.05) is 17.4 Å². The Morgan fingerprint density at radius 3 is 2.93 bits per heavy atom. The SMILES string of the molecule is CCc1ccc(C=CCSC(C)=O)s1. The molecule has 1 aromatic heterocycles. The van der Waals surface area contributed by atoms with Crippen LogP contribution in [0.4, 0.5) is 0 Å². The summed E-state index contributed by atoms with van der Waals surface area (Å²) in [6, 6.07) is 4.28. The first-order valence-electron chi connectivity index (χ1n) is 4.61. The molecule has 0 saturated heterocycles. The zero-order valence-corrected chi connectivity index (χ0v) is 10.1. The van der Waals surface area contributed by atoms with Gasteiger partial charge in [0.05, 0.1) is 0 Å². The molecule has 0 spiro atoms. The van der Waals surface area contributed by atoms with Crippen molar-refractivity contribution in [2.75, 3.05) is 5.75 Å². The minimum atomic E-state index is 0.176. The third-order valence-electron chi connectivity index (χ3n) is 1.70. The summed E-state index contributed by atoms with van der Waals surface area (Å²) in [4.78, 5) is 13.3. The van der Waals surface area contributed by atoms with Gasteiger partial charge in [0.15, 0.2) is 5.12 Å². The first-order valence-corrected chi connectivity index (χ1v) is 6.41. The molecule has 0 N–H and O–H groups in total. The number of carbonyl (C=O) groups is 1. The van der Waals surface area contributed by atoms with E-state index in [4.69, 9.17) is 0 Å². The van der Waals surface area contributed by atoms with E-state index in [0.717, 1.165) is 12.2 Å². The second-order valence-corrected chi connectivity index (χ2v) is 5.26. The van der Waals surface area contributed by atoms with Crippen molar-refractivity contribution >= 4 is 34.3 Å². The van der Waals surface area contributed by atoms with Gasteiger partial charge in [0.25, 0.3) is 0 Å². The largest absolute Gasteiger partial charge is 0.288 e. The van der Waals surface area contributed by atoms with Gasteiger partial charge in [-0.25, -0.2) is 0 Å². The zero-order chi connectivity index (χ0) is 10.4. The summed E-state index contributed by atoms with van der Waals surface area (Å²) in [5, 5.41) is 0.176. The lowest BCUT2D eigenvalue weighted by molar-refractivity contribution is -0.109. The van der Waals surface area contributed by atoms with Gasteiger partial charge in [0.2, 0.25) is 0 Å². The molecule has 1 nitrogen and oxygen atoms in total. The summed E-state index contributed by atoms with van der Waals surface area (Å²) < 4.78 is 0. The fourth-order valence-corrected chi connectivity index (χ4v) is 2.31. The maximum absolute atomic E-state index is 10.6. The van der Waals surface area contributed by atoms with Gasteiger partial charge in [-0.2, -0.15) is 0 Å². The molecule has 0 bridgehead atoms. The van der Waals surface area contributed by atoms with E-state index in [1.165, 1.54) is 21.5 Å². The molecule has 1 heterocycles. The average molecular weight is 226 g/mol. The highest BCUT2D eigenvalue weighted by Crippen LogP contribution is 2.18. The van der Waals surface area contributed by atoms with Crippen LogP contribution in [0.25, 0.3) is 6.08 Å². The molecule has 3 heteroatoms. The van der Waals surface area contributed by atoms with Crippen LogP contribution in [0, 0.1) is 0 Å². The Morgan fingerprint density at radius 1 is 1.57 bits per heavy atom. The molecule has 0 atom stereocenters. The highest BCUT2D eigenvalue weighted by molar-refractivity contribution is 8.13. The molecular weight excluding hydrogens is 212 g/mol. The average Bonchev–Trinajstić information content (AvgIpc) is 2.60. The predicted octanol–water partition coefficient (Wildman–Crippen LogP) is 3.60. The van der Waals surface area contributed by atoms with Crippen molar-refractivity contribution in [2.24, 2.45) is 0 Å². The van der Waals surface area contributed by atoms with E-state index < -0.39 is 0 Å². The van der Waals surface area contributed by atoms with Gasteiger partial charge in [-0.1, -0.05) is 24.8 Å². The second kappa shape index (κ2) is 6.04. The standard InChI is InChI=1S/C11H14OS2/c1-3-10-6-7-11(14-10)5-4-8-13-9(2)12/h4-7H,3,8H2,1-2H3. The number of aryl methyl sites for hydroxylation is 1. The van der Waals surface area contributed by atoms with Crippen LogP contribution in [0.15, 0.2) is 18.2 Å². The minimum Gasteiger partial charge on any atom is -0.288 e. The lowest BCUT2D eigenvalue weighted by atomic mass is 10.3. The van der Waals surface area contributed by atoms with E-state index in [1.54, 1.807) is 6.92 Å². The molecule has 1 rings (SSSR count). The number of thioether (sulfide) groups is 1. The van der Waals surface area contributed by atoms with Crippen LogP contribution in [0.1, 0.15) is 23.6 Å². The summed E-state index contributed by atoms with van der Waals surface area (Å²) in [5.41, 5.74) is 0. The van der Waals surface area contributed by atoms with E-state index >= 15 is 0 Å². The van der Waals surface area contributed by atoms with Crippen molar-refractivity contribution < 1.29 is 4.79 Å². The lowest BCUT2D eigenvalue weighted by Gasteiger charge is -1.88. The smallest absolute Gasteiger partial charge is 0.186 e. The van der Waals surface area contributed by atoms with E-state index in [2.05, 4.69) is 25.1 Å². The van der Waals surface area contributed by atoms with Crippen LogP contribution in [0.3, 0.4) is 0 Å². The first-order chi connectivity index (χ1) is 6.72. The van der Waals surface area contributed by atoms with E-state index in [-0.39, 0.29) is 5.12 Å². The molecule has 0 aliphatic carbocycles. The summed E-state index contributed by atoms with van der Waals surface area (Å²) >= 11 is 3.15. The van der Waals surface area contributed by atoms with Crippen molar-refractivity contribution in [2.45, 2.75) is 20.3 Å². The third-order valence-corrected chi connectivity index (χ3v) is 3.66. The molecule has 1 aromatic rings. The summed E-state index contributed by atoms with van der Waals surface area (Å²) in [5.74, 6) is 0.773. The van der Waals surface area contributed by atoms with Crippen molar-refractivity contribution in [1.29, 1.82) is 0 Å². The van der Waals surface area contributed by atoms with Gasteiger partial charge in [-0.05, 0) is 24.6 Å². The van der Waals surface area contributed by atoms with Gasteiger partial charge in [-0.3, -0.25) is 4.79 Å². The number of rotatable bonds is 4. The Morgan fingerprint density at radius 2 is 2.36 bits per heavy atom. The van der Waals surface area contributed by atoms with Crippen molar-refractivity contribution in [3.05, 3.63) is 28.0 Å². The van der Waals surface area contributed by atoms with Crippen LogP contribution in [0.2, 0.25) is 0 Å². The maximum atomic E-state index is 10.6. The van der Waals surface area contributed by atoms with Gasteiger partial charge in [-0.15, -0.1) is 11.3 Å². The number of thiophene rings is 1. The minimum absolute atomic E-state index is 0.176. The zero-order valence-electron chi connectivity index (χ0n) is 8.45. The molecule has 76 valence electrons.